The molecule has 0 fully saturated rings. The molecule has 0 atom stereocenters. The highest BCUT2D eigenvalue weighted by molar-refractivity contribution is 6.34. The van der Waals surface area contributed by atoms with Gasteiger partial charge in [0.05, 0.1) is 5.02 Å². The standard InChI is InChI=1S/C16H16Cl3NO/c1-2-7-20-10-11-8-12(17)4-6-15(11)21-16-9-13(18)3-5-14(16)19/h3-6,8-9,20H,2,7,10H2,1H3. The maximum atomic E-state index is 6.13. The van der Waals surface area contributed by atoms with Crippen LogP contribution in [0.1, 0.15) is 18.9 Å². The molecule has 0 aliphatic rings. The summed E-state index contributed by atoms with van der Waals surface area (Å²) in [7, 11) is 0. The third kappa shape index (κ3) is 4.79. The minimum Gasteiger partial charge on any atom is -0.455 e. The van der Waals surface area contributed by atoms with Crippen molar-refractivity contribution in [3.05, 3.63) is 57.0 Å². The van der Waals surface area contributed by atoms with Crippen molar-refractivity contribution in [1.29, 1.82) is 0 Å². The van der Waals surface area contributed by atoms with Crippen LogP contribution in [0.3, 0.4) is 0 Å². The smallest absolute Gasteiger partial charge is 0.147 e. The molecule has 112 valence electrons. The highest BCUT2D eigenvalue weighted by Gasteiger charge is 2.09. The van der Waals surface area contributed by atoms with Crippen LogP contribution in [0.15, 0.2) is 36.4 Å². The first kappa shape index (κ1) is 16.4. The van der Waals surface area contributed by atoms with Gasteiger partial charge in [-0.05, 0) is 43.3 Å². The highest BCUT2D eigenvalue weighted by Crippen LogP contribution is 2.34. The van der Waals surface area contributed by atoms with E-state index in [0.717, 1.165) is 18.5 Å². The van der Waals surface area contributed by atoms with Gasteiger partial charge in [0.25, 0.3) is 0 Å². The Morgan fingerprint density at radius 1 is 0.952 bits per heavy atom. The zero-order valence-electron chi connectivity index (χ0n) is 11.6. The lowest BCUT2D eigenvalue weighted by molar-refractivity contribution is 0.473. The first-order valence-electron chi connectivity index (χ1n) is 6.72. The summed E-state index contributed by atoms with van der Waals surface area (Å²) in [6, 6.07) is 10.6. The second-order valence-electron chi connectivity index (χ2n) is 4.61. The van der Waals surface area contributed by atoms with E-state index in [4.69, 9.17) is 39.5 Å². The fraction of sp³-hybridized carbons (Fsp3) is 0.250. The van der Waals surface area contributed by atoms with E-state index in [-0.39, 0.29) is 0 Å². The number of hydrogen-bond donors (Lipinski definition) is 1. The van der Waals surface area contributed by atoms with E-state index in [0.29, 0.717) is 33.1 Å². The van der Waals surface area contributed by atoms with Crippen LogP contribution < -0.4 is 10.1 Å². The third-order valence-electron chi connectivity index (χ3n) is 2.88. The predicted octanol–water partition coefficient (Wildman–Crippen LogP) is 5.94. The summed E-state index contributed by atoms with van der Waals surface area (Å²) in [5.41, 5.74) is 0.979. The van der Waals surface area contributed by atoms with Crippen LogP contribution in [0, 0.1) is 0 Å². The van der Waals surface area contributed by atoms with Crippen LogP contribution in [0.25, 0.3) is 0 Å². The Bertz CT molecular complexity index is 616. The van der Waals surface area contributed by atoms with Gasteiger partial charge >= 0.3 is 0 Å². The Labute approximate surface area is 140 Å². The van der Waals surface area contributed by atoms with Gasteiger partial charge in [0.2, 0.25) is 0 Å². The topological polar surface area (TPSA) is 21.3 Å². The largest absolute Gasteiger partial charge is 0.455 e. The van der Waals surface area contributed by atoms with Gasteiger partial charge in [-0.1, -0.05) is 41.7 Å². The summed E-state index contributed by atoms with van der Waals surface area (Å²) in [5, 5.41) is 5.10. The second kappa shape index (κ2) is 7.90. The number of hydrogen-bond acceptors (Lipinski definition) is 2. The Balaban J connectivity index is 2.24. The van der Waals surface area contributed by atoms with Gasteiger partial charge in [0, 0.05) is 28.2 Å². The fourth-order valence-corrected chi connectivity index (χ4v) is 2.37. The molecular weight excluding hydrogens is 329 g/mol. The summed E-state index contributed by atoms with van der Waals surface area (Å²) >= 11 is 18.2. The molecule has 0 saturated carbocycles. The normalized spacial score (nSPS) is 10.7. The molecule has 0 unspecified atom stereocenters. The van der Waals surface area contributed by atoms with E-state index in [9.17, 15) is 0 Å². The van der Waals surface area contributed by atoms with Crippen molar-refractivity contribution in [3.8, 4) is 11.5 Å². The molecule has 0 aliphatic carbocycles. The van der Waals surface area contributed by atoms with Gasteiger partial charge in [-0.15, -0.1) is 0 Å². The number of nitrogens with one attached hydrogen (secondary N) is 1. The van der Waals surface area contributed by atoms with E-state index in [1.54, 1.807) is 24.3 Å². The molecule has 2 aromatic carbocycles. The molecule has 5 heteroatoms. The number of rotatable bonds is 6. The summed E-state index contributed by atoms with van der Waals surface area (Å²) in [4.78, 5) is 0. The first-order chi connectivity index (χ1) is 10.1. The van der Waals surface area contributed by atoms with Crippen molar-refractivity contribution >= 4 is 34.8 Å². The summed E-state index contributed by atoms with van der Waals surface area (Å²) in [6.45, 7) is 3.74. The van der Waals surface area contributed by atoms with Crippen molar-refractivity contribution in [3.63, 3.8) is 0 Å². The molecular formula is C16H16Cl3NO. The molecule has 2 rings (SSSR count). The molecule has 0 bridgehead atoms. The first-order valence-corrected chi connectivity index (χ1v) is 7.85. The zero-order chi connectivity index (χ0) is 15.2. The molecule has 2 aromatic rings. The van der Waals surface area contributed by atoms with E-state index in [1.165, 1.54) is 0 Å². The Morgan fingerprint density at radius 3 is 2.43 bits per heavy atom. The lowest BCUT2D eigenvalue weighted by Gasteiger charge is -2.13. The summed E-state index contributed by atoms with van der Waals surface area (Å²) < 4.78 is 5.89. The Hall–Kier alpha value is -0.930. The molecule has 0 aromatic heterocycles. The molecule has 0 amide bonds. The predicted molar refractivity (Wildman–Crippen MR) is 90.0 cm³/mol. The van der Waals surface area contributed by atoms with Crippen LogP contribution >= 0.6 is 34.8 Å². The van der Waals surface area contributed by atoms with Gasteiger partial charge < -0.3 is 10.1 Å². The van der Waals surface area contributed by atoms with E-state index < -0.39 is 0 Å². The number of halogens is 3. The number of ether oxygens (including phenoxy) is 1. The molecule has 0 saturated heterocycles. The minimum atomic E-state index is 0.516. The van der Waals surface area contributed by atoms with Crippen molar-refractivity contribution in [1.82, 2.24) is 5.32 Å². The third-order valence-corrected chi connectivity index (χ3v) is 3.66. The lowest BCUT2D eigenvalue weighted by atomic mass is 10.2. The van der Waals surface area contributed by atoms with Gasteiger partial charge in [-0.3, -0.25) is 0 Å². The van der Waals surface area contributed by atoms with Crippen LogP contribution in [-0.2, 0) is 6.54 Å². The van der Waals surface area contributed by atoms with E-state index >= 15 is 0 Å². The molecule has 0 heterocycles. The fourth-order valence-electron chi connectivity index (χ4n) is 1.86. The van der Waals surface area contributed by atoms with Crippen LogP contribution in [0.4, 0.5) is 0 Å². The maximum absolute atomic E-state index is 6.13. The van der Waals surface area contributed by atoms with Gasteiger partial charge in [0.1, 0.15) is 11.5 Å². The van der Waals surface area contributed by atoms with Crippen LogP contribution in [-0.4, -0.2) is 6.54 Å². The second-order valence-corrected chi connectivity index (χ2v) is 5.89. The molecule has 2 nitrogen and oxygen atoms in total. The highest BCUT2D eigenvalue weighted by atomic mass is 35.5. The maximum Gasteiger partial charge on any atom is 0.147 e. The van der Waals surface area contributed by atoms with E-state index in [1.807, 2.05) is 12.1 Å². The number of benzene rings is 2. The average Bonchev–Trinajstić information content (AvgIpc) is 2.46. The van der Waals surface area contributed by atoms with Crippen molar-refractivity contribution in [2.75, 3.05) is 6.54 Å². The zero-order valence-corrected chi connectivity index (χ0v) is 13.9. The van der Waals surface area contributed by atoms with Gasteiger partial charge in [-0.25, -0.2) is 0 Å². The van der Waals surface area contributed by atoms with Crippen LogP contribution in [0.5, 0.6) is 11.5 Å². The van der Waals surface area contributed by atoms with Crippen LogP contribution in [0.2, 0.25) is 15.1 Å². The van der Waals surface area contributed by atoms with Gasteiger partial charge in [-0.2, -0.15) is 0 Å². The van der Waals surface area contributed by atoms with Crippen molar-refractivity contribution in [2.24, 2.45) is 0 Å². The molecule has 1 N–H and O–H groups in total. The van der Waals surface area contributed by atoms with Crippen molar-refractivity contribution in [2.45, 2.75) is 19.9 Å². The molecule has 21 heavy (non-hydrogen) atoms. The monoisotopic (exact) mass is 343 g/mol. The molecule has 0 spiro atoms. The van der Waals surface area contributed by atoms with Crippen molar-refractivity contribution < 1.29 is 4.74 Å². The average molecular weight is 345 g/mol. The SMILES string of the molecule is CCCNCc1cc(Cl)ccc1Oc1cc(Cl)ccc1Cl. The van der Waals surface area contributed by atoms with Gasteiger partial charge in [0.15, 0.2) is 0 Å². The van der Waals surface area contributed by atoms with E-state index in [2.05, 4.69) is 12.2 Å². The Morgan fingerprint density at radius 2 is 1.67 bits per heavy atom. The summed E-state index contributed by atoms with van der Waals surface area (Å²) in [6.07, 6.45) is 1.07. The molecule has 0 radical (unpaired) electrons. The molecule has 0 aliphatic heterocycles. The summed E-state index contributed by atoms with van der Waals surface area (Å²) in [5.74, 6) is 1.25. The minimum absolute atomic E-state index is 0.516. The Kier molecular flexibility index (Phi) is 6.19. The lowest BCUT2D eigenvalue weighted by Crippen LogP contribution is -2.14. The quantitative estimate of drug-likeness (QED) is 0.655.